The second-order valence-corrected chi connectivity index (χ2v) is 8.36. The summed E-state index contributed by atoms with van der Waals surface area (Å²) in [4.78, 5) is 12.1. The molecule has 0 radical (unpaired) electrons. The Morgan fingerprint density at radius 3 is 2.56 bits per heavy atom. The Morgan fingerprint density at radius 1 is 1.15 bits per heavy atom. The summed E-state index contributed by atoms with van der Waals surface area (Å²) in [6.07, 6.45) is 0. The molecule has 0 aliphatic carbocycles. The molecule has 27 heavy (non-hydrogen) atoms. The van der Waals surface area contributed by atoms with Crippen molar-refractivity contribution in [1.29, 1.82) is 0 Å². The first kappa shape index (κ1) is 18.9. The van der Waals surface area contributed by atoms with Crippen LogP contribution >= 0.6 is 11.3 Å². The van der Waals surface area contributed by atoms with Crippen molar-refractivity contribution < 1.29 is 17.6 Å². The van der Waals surface area contributed by atoms with Crippen molar-refractivity contribution in [3.8, 4) is 0 Å². The van der Waals surface area contributed by atoms with Crippen molar-refractivity contribution in [2.75, 3.05) is 16.2 Å². The van der Waals surface area contributed by atoms with Gasteiger partial charge in [-0.3, -0.25) is 14.4 Å². The Bertz CT molecular complexity index is 1050. The van der Waals surface area contributed by atoms with E-state index in [-0.39, 0.29) is 21.6 Å². The Labute approximate surface area is 159 Å². The van der Waals surface area contributed by atoms with Crippen LogP contribution in [0.3, 0.4) is 0 Å². The molecule has 0 saturated heterocycles. The van der Waals surface area contributed by atoms with Crippen molar-refractivity contribution in [1.82, 2.24) is 10.2 Å². The van der Waals surface area contributed by atoms with Gasteiger partial charge in [-0.15, -0.1) is 10.2 Å². The van der Waals surface area contributed by atoms with Gasteiger partial charge >= 0.3 is 0 Å². The van der Waals surface area contributed by atoms with E-state index in [9.17, 15) is 17.6 Å². The molecule has 0 bridgehead atoms. The monoisotopic (exact) mass is 406 g/mol. The first-order chi connectivity index (χ1) is 12.9. The van der Waals surface area contributed by atoms with Crippen LogP contribution in [0, 0.1) is 5.82 Å². The van der Waals surface area contributed by atoms with E-state index in [0.717, 1.165) is 17.4 Å². The third kappa shape index (κ3) is 4.12. The van der Waals surface area contributed by atoms with Crippen LogP contribution in [-0.4, -0.2) is 31.1 Å². The van der Waals surface area contributed by atoms with Crippen LogP contribution in [0.5, 0.6) is 0 Å². The first-order valence-electron chi connectivity index (χ1n) is 7.90. The zero-order chi connectivity index (χ0) is 19.4. The Hall–Kier alpha value is -2.85. The van der Waals surface area contributed by atoms with Gasteiger partial charge in [0.15, 0.2) is 0 Å². The molecule has 3 rings (SSSR count). The summed E-state index contributed by atoms with van der Waals surface area (Å²) in [5.74, 6) is -1.16. The van der Waals surface area contributed by atoms with E-state index >= 15 is 0 Å². The fraction of sp³-hybridized carbons (Fsp3) is 0.118. The van der Waals surface area contributed by atoms with Gasteiger partial charge in [-0.25, -0.2) is 4.39 Å². The average molecular weight is 406 g/mol. The van der Waals surface area contributed by atoms with Gasteiger partial charge in [-0.05, 0) is 37.3 Å². The predicted octanol–water partition coefficient (Wildman–Crippen LogP) is 3.14. The van der Waals surface area contributed by atoms with Crippen molar-refractivity contribution in [3.63, 3.8) is 0 Å². The van der Waals surface area contributed by atoms with Crippen LogP contribution in [0.25, 0.3) is 0 Å². The number of para-hydroxylation sites is 1. The molecule has 0 fully saturated rings. The number of hydrogen-bond acceptors (Lipinski definition) is 6. The number of rotatable bonds is 6. The van der Waals surface area contributed by atoms with Gasteiger partial charge in [0.1, 0.15) is 5.82 Å². The third-order valence-corrected chi connectivity index (χ3v) is 6.64. The Kier molecular flexibility index (Phi) is 5.47. The van der Waals surface area contributed by atoms with Gasteiger partial charge in [0.2, 0.25) is 5.13 Å². The number of aromatic nitrogens is 2. The van der Waals surface area contributed by atoms with Crippen LogP contribution in [-0.2, 0) is 10.0 Å². The maximum Gasteiger partial charge on any atom is 0.293 e. The number of nitrogens with one attached hydrogen (secondary N) is 1. The fourth-order valence-corrected chi connectivity index (χ4v) is 4.82. The van der Waals surface area contributed by atoms with E-state index in [1.807, 2.05) is 0 Å². The average Bonchev–Trinajstić information content (AvgIpc) is 3.12. The molecule has 1 N–H and O–H groups in total. The van der Waals surface area contributed by atoms with E-state index in [2.05, 4.69) is 15.5 Å². The van der Waals surface area contributed by atoms with E-state index in [0.29, 0.717) is 5.69 Å². The number of carbonyl (C=O) groups excluding carboxylic acids is 1. The number of nitrogens with zero attached hydrogens (tertiary/aromatic N) is 3. The normalized spacial score (nSPS) is 11.2. The highest BCUT2D eigenvalue weighted by molar-refractivity contribution is 7.94. The smallest absolute Gasteiger partial charge is 0.293 e. The van der Waals surface area contributed by atoms with E-state index in [4.69, 9.17) is 0 Å². The SMILES string of the molecule is CCN(c1ccccc1)S(=O)(=O)c1nnc(NC(=O)c2cccc(F)c2)s1. The molecule has 0 unspecified atom stereocenters. The molecule has 10 heteroatoms. The van der Waals surface area contributed by atoms with Crippen LogP contribution in [0.15, 0.2) is 58.9 Å². The maximum absolute atomic E-state index is 13.2. The molecule has 1 aromatic heterocycles. The first-order valence-corrected chi connectivity index (χ1v) is 10.2. The molecule has 1 heterocycles. The molecule has 0 spiro atoms. The number of sulfonamides is 1. The highest BCUT2D eigenvalue weighted by Crippen LogP contribution is 2.27. The summed E-state index contributed by atoms with van der Waals surface area (Å²) in [5, 5.41) is 9.85. The summed E-state index contributed by atoms with van der Waals surface area (Å²) >= 11 is 0.728. The van der Waals surface area contributed by atoms with Crippen molar-refractivity contribution in [3.05, 3.63) is 66.0 Å². The lowest BCUT2D eigenvalue weighted by atomic mass is 10.2. The number of halogens is 1. The molecular formula is C17H15FN4O3S2. The van der Waals surface area contributed by atoms with Gasteiger partial charge in [-0.1, -0.05) is 35.6 Å². The summed E-state index contributed by atoms with van der Waals surface area (Å²) in [6, 6.07) is 13.7. The lowest BCUT2D eigenvalue weighted by Gasteiger charge is -2.20. The highest BCUT2D eigenvalue weighted by atomic mass is 32.2. The van der Waals surface area contributed by atoms with Crippen molar-refractivity contribution in [2.45, 2.75) is 11.3 Å². The number of carbonyl (C=O) groups is 1. The zero-order valence-corrected chi connectivity index (χ0v) is 15.8. The van der Waals surface area contributed by atoms with Crippen LogP contribution in [0.1, 0.15) is 17.3 Å². The zero-order valence-electron chi connectivity index (χ0n) is 14.2. The minimum Gasteiger partial charge on any atom is -0.296 e. The predicted molar refractivity (Wildman–Crippen MR) is 101 cm³/mol. The minimum absolute atomic E-state index is 0.00644. The van der Waals surface area contributed by atoms with Gasteiger partial charge < -0.3 is 0 Å². The Balaban J connectivity index is 1.83. The molecule has 2 aromatic carbocycles. The minimum atomic E-state index is -3.92. The summed E-state index contributed by atoms with van der Waals surface area (Å²) in [5.41, 5.74) is 0.592. The van der Waals surface area contributed by atoms with Gasteiger partial charge in [0.25, 0.3) is 20.3 Å². The lowest BCUT2D eigenvalue weighted by molar-refractivity contribution is 0.102. The molecular weight excluding hydrogens is 391 g/mol. The standard InChI is InChI=1S/C17H15FN4O3S2/c1-2-22(14-9-4-3-5-10-14)27(24,25)17-21-20-16(26-17)19-15(23)12-7-6-8-13(18)11-12/h3-11H,2H2,1H3,(H,19,20,23). The molecule has 0 atom stereocenters. The van der Waals surface area contributed by atoms with Crippen LogP contribution in [0.4, 0.5) is 15.2 Å². The molecule has 140 valence electrons. The summed E-state index contributed by atoms with van der Waals surface area (Å²) in [6.45, 7) is 1.91. The van der Waals surface area contributed by atoms with E-state index in [1.165, 1.54) is 22.5 Å². The highest BCUT2D eigenvalue weighted by Gasteiger charge is 2.28. The number of anilines is 2. The third-order valence-electron chi connectivity index (χ3n) is 3.56. The summed E-state index contributed by atoms with van der Waals surface area (Å²) < 4.78 is 39.9. The van der Waals surface area contributed by atoms with E-state index < -0.39 is 21.7 Å². The molecule has 0 aliphatic rings. The second kappa shape index (κ2) is 7.80. The quantitative estimate of drug-likeness (QED) is 0.635. The van der Waals surface area contributed by atoms with Crippen LogP contribution in [0.2, 0.25) is 0 Å². The molecule has 0 aliphatic heterocycles. The summed E-state index contributed by atoms with van der Waals surface area (Å²) in [7, 11) is -3.92. The largest absolute Gasteiger partial charge is 0.296 e. The molecule has 3 aromatic rings. The van der Waals surface area contributed by atoms with Gasteiger partial charge in [0.05, 0.1) is 5.69 Å². The Morgan fingerprint density at radius 2 is 1.89 bits per heavy atom. The van der Waals surface area contributed by atoms with Gasteiger partial charge in [-0.2, -0.15) is 8.42 Å². The van der Waals surface area contributed by atoms with Gasteiger partial charge in [0, 0.05) is 12.1 Å². The number of amides is 1. The maximum atomic E-state index is 13.2. The number of hydrogen-bond donors (Lipinski definition) is 1. The second-order valence-electron chi connectivity index (χ2n) is 5.34. The molecule has 1 amide bonds. The molecule has 7 nitrogen and oxygen atoms in total. The van der Waals surface area contributed by atoms with Crippen molar-refractivity contribution in [2.24, 2.45) is 0 Å². The van der Waals surface area contributed by atoms with Crippen LogP contribution < -0.4 is 9.62 Å². The van der Waals surface area contributed by atoms with Crippen molar-refractivity contribution >= 4 is 38.1 Å². The topological polar surface area (TPSA) is 92.3 Å². The fourth-order valence-electron chi connectivity index (χ4n) is 2.34. The molecule has 0 saturated carbocycles. The number of benzene rings is 2. The van der Waals surface area contributed by atoms with E-state index in [1.54, 1.807) is 37.3 Å². The lowest BCUT2D eigenvalue weighted by Crippen LogP contribution is -2.30.